The van der Waals surface area contributed by atoms with E-state index in [1.807, 2.05) is 6.07 Å². The number of fused-ring (bicyclic) bond motifs is 10. The molecule has 0 spiro atoms. The summed E-state index contributed by atoms with van der Waals surface area (Å²) in [4.78, 5) is 0. The van der Waals surface area contributed by atoms with Crippen LogP contribution in [0, 0.1) is 17.2 Å². The van der Waals surface area contributed by atoms with Crippen molar-refractivity contribution in [3.63, 3.8) is 0 Å². The number of benzene rings is 5. The van der Waals surface area contributed by atoms with E-state index in [0.717, 1.165) is 40.0 Å². The van der Waals surface area contributed by atoms with Crippen molar-refractivity contribution in [3.05, 3.63) is 137 Å². The minimum absolute atomic E-state index is 0.138. The van der Waals surface area contributed by atoms with Gasteiger partial charge >= 0.3 is 0 Å². The zero-order chi connectivity index (χ0) is 29.7. The SMILES string of the molecule is CC1Cc2oc3c4c(ccc3c2C=C1c1ccc(C#N)cc1-n1c2ccccc2c2ccccc21)-c1ccccc1C4(C)C. The fraction of sp³-hybridized carbons (Fsp3) is 0.146. The summed E-state index contributed by atoms with van der Waals surface area (Å²) in [6.45, 7) is 6.93. The van der Waals surface area contributed by atoms with Crippen molar-refractivity contribution >= 4 is 44.4 Å². The molecule has 3 nitrogen and oxygen atoms in total. The predicted octanol–water partition coefficient (Wildman–Crippen LogP) is 10.4. The summed E-state index contributed by atoms with van der Waals surface area (Å²) >= 11 is 0. The fourth-order valence-corrected chi connectivity index (χ4v) is 8.02. The van der Waals surface area contributed by atoms with E-state index >= 15 is 0 Å². The van der Waals surface area contributed by atoms with Gasteiger partial charge < -0.3 is 8.98 Å². The normalized spacial score (nSPS) is 16.5. The van der Waals surface area contributed by atoms with Crippen LogP contribution >= 0.6 is 0 Å². The van der Waals surface area contributed by atoms with Crippen LogP contribution in [0.2, 0.25) is 0 Å². The van der Waals surface area contributed by atoms with Crippen LogP contribution in [-0.2, 0) is 11.8 Å². The first-order chi connectivity index (χ1) is 21.5. The molecule has 0 aliphatic heterocycles. The van der Waals surface area contributed by atoms with Crippen molar-refractivity contribution < 1.29 is 4.42 Å². The number of aromatic nitrogens is 1. The van der Waals surface area contributed by atoms with Crippen molar-refractivity contribution in [3.8, 4) is 22.9 Å². The lowest BCUT2D eigenvalue weighted by atomic mass is 9.81. The van der Waals surface area contributed by atoms with Crippen LogP contribution < -0.4 is 0 Å². The summed E-state index contributed by atoms with van der Waals surface area (Å²) in [5, 5.41) is 13.6. The van der Waals surface area contributed by atoms with Crippen LogP contribution in [0.3, 0.4) is 0 Å². The molecule has 2 aromatic heterocycles. The van der Waals surface area contributed by atoms with Crippen molar-refractivity contribution in [2.24, 2.45) is 5.92 Å². The van der Waals surface area contributed by atoms with Gasteiger partial charge in [-0.3, -0.25) is 0 Å². The van der Waals surface area contributed by atoms with E-state index < -0.39 is 0 Å². The summed E-state index contributed by atoms with van der Waals surface area (Å²) in [5.41, 5.74) is 13.7. The van der Waals surface area contributed by atoms with Crippen LogP contribution in [0.4, 0.5) is 0 Å². The molecule has 44 heavy (non-hydrogen) atoms. The second kappa shape index (κ2) is 8.85. The quantitative estimate of drug-likeness (QED) is 0.209. The van der Waals surface area contributed by atoms with E-state index in [4.69, 9.17) is 4.42 Å². The molecule has 1 unspecified atom stereocenters. The maximum absolute atomic E-state index is 9.96. The highest BCUT2D eigenvalue weighted by atomic mass is 16.3. The van der Waals surface area contributed by atoms with E-state index in [9.17, 15) is 5.26 Å². The summed E-state index contributed by atoms with van der Waals surface area (Å²) in [6, 6.07) is 39.0. The number of rotatable bonds is 2. The van der Waals surface area contributed by atoms with Gasteiger partial charge in [-0.1, -0.05) is 93.6 Å². The second-order valence-electron chi connectivity index (χ2n) is 12.9. The Hall–Kier alpha value is -5.33. The van der Waals surface area contributed by atoms with Gasteiger partial charge in [0.1, 0.15) is 11.3 Å². The highest BCUT2D eigenvalue weighted by Gasteiger charge is 2.39. The number of nitrogens with zero attached hydrogens (tertiary/aromatic N) is 2. The smallest absolute Gasteiger partial charge is 0.139 e. The first-order valence-corrected chi connectivity index (χ1v) is 15.4. The van der Waals surface area contributed by atoms with Gasteiger partial charge in [-0.05, 0) is 64.6 Å². The molecule has 0 saturated heterocycles. The third-order valence-electron chi connectivity index (χ3n) is 10.1. The molecule has 2 aliphatic rings. The molecule has 0 N–H and O–H groups in total. The molecule has 5 aromatic carbocycles. The molecule has 2 heterocycles. The summed E-state index contributed by atoms with van der Waals surface area (Å²) in [6.07, 6.45) is 3.18. The second-order valence-corrected chi connectivity index (χ2v) is 12.9. The van der Waals surface area contributed by atoms with Crippen molar-refractivity contribution in [1.29, 1.82) is 5.26 Å². The molecule has 1 atom stereocenters. The van der Waals surface area contributed by atoms with Gasteiger partial charge in [-0.2, -0.15) is 5.26 Å². The summed E-state index contributed by atoms with van der Waals surface area (Å²) < 4.78 is 9.15. The fourth-order valence-electron chi connectivity index (χ4n) is 8.02. The highest BCUT2D eigenvalue weighted by Crippen LogP contribution is 2.53. The van der Waals surface area contributed by atoms with E-state index in [0.29, 0.717) is 5.56 Å². The van der Waals surface area contributed by atoms with Crippen LogP contribution in [0.1, 0.15) is 54.3 Å². The third kappa shape index (κ3) is 3.26. The van der Waals surface area contributed by atoms with Gasteiger partial charge in [0.05, 0.1) is 28.4 Å². The molecule has 0 fully saturated rings. The minimum Gasteiger partial charge on any atom is -0.460 e. The Balaban J connectivity index is 1.29. The van der Waals surface area contributed by atoms with Crippen LogP contribution in [0.5, 0.6) is 0 Å². The Morgan fingerprint density at radius 1 is 0.773 bits per heavy atom. The molecule has 0 radical (unpaired) electrons. The first-order valence-electron chi connectivity index (χ1n) is 15.4. The van der Waals surface area contributed by atoms with Gasteiger partial charge in [-0.15, -0.1) is 0 Å². The Bertz CT molecular complexity index is 2370. The first kappa shape index (κ1) is 25.2. The summed E-state index contributed by atoms with van der Waals surface area (Å²) in [7, 11) is 0. The molecule has 9 rings (SSSR count). The average molecular weight is 567 g/mol. The number of allylic oxidation sites excluding steroid dienone is 1. The number of furan rings is 1. The zero-order valence-electron chi connectivity index (χ0n) is 25.0. The molecular formula is C41H30N2O. The number of hydrogen-bond acceptors (Lipinski definition) is 2. The Labute approximate surface area is 256 Å². The molecular weight excluding hydrogens is 536 g/mol. The van der Waals surface area contributed by atoms with Gasteiger partial charge in [0.2, 0.25) is 0 Å². The van der Waals surface area contributed by atoms with Crippen LogP contribution in [0.15, 0.2) is 108 Å². The maximum Gasteiger partial charge on any atom is 0.139 e. The van der Waals surface area contributed by atoms with Gasteiger partial charge in [0.15, 0.2) is 0 Å². The highest BCUT2D eigenvalue weighted by molar-refractivity contribution is 6.10. The van der Waals surface area contributed by atoms with E-state index in [1.165, 1.54) is 49.5 Å². The standard InChI is InChI=1S/C41H30N2O/c1-24-20-38-33(31-19-18-30-26-10-4-7-13-34(26)41(2,3)39(30)40(31)44-38)22-32(24)29-17-16-25(23-42)21-37(29)43-35-14-8-5-11-27(35)28-12-6-9-15-36(28)43/h4-19,21-22,24H,20H2,1-3H3. The molecule has 0 saturated carbocycles. The van der Waals surface area contributed by atoms with Crippen molar-refractivity contribution in [2.45, 2.75) is 32.6 Å². The van der Waals surface area contributed by atoms with Crippen molar-refractivity contribution in [2.75, 3.05) is 0 Å². The Kier molecular flexibility index (Phi) is 5.07. The third-order valence-corrected chi connectivity index (χ3v) is 10.1. The van der Waals surface area contributed by atoms with Gasteiger partial charge in [-0.25, -0.2) is 0 Å². The lowest BCUT2D eigenvalue weighted by molar-refractivity contribution is 0.510. The zero-order valence-corrected chi connectivity index (χ0v) is 25.0. The topological polar surface area (TPSA) is 41.9 Å². The van der Waals surface area contributed by atoms with Crippen LogP contribution in [-0.4, -0.2) is 4.57 Å². The molecule has 7 aromatic rings. The van der Waals surface area contributed by atoms with E-state index in [-0.39, 0.29) is 11.3 Å². The molecule has 3 heteroatoms. The Morgan fingerprint density at radius 2 is 1.45 bits per heavy atom. The molecule has 210 valence electrons. The maximum atomic E-state index is 9.96. The largest absolute Gasteiger partial charge is 0.460 e. The molecule has 2 aliphatic carbocycles. The molecule has 0 amide bonds. The van der Waals surface area contributed by atoms with E-state index in [2.05, 4.69) is 135 Å². The number of para-hydroxylation sites is 2. The molecule has 0 bridgehead atoms. The van der Waals surface area contributed by atoms with Gasteiger partial charge in [0.25, 0.3) is 0 Å². The minimum atomic E-state index is -0.138. The summed E-state index contributed by atoms with van der Waals surface area (Å²) in [5.74, 6) is 1.30. The average Bonchev–Trinajstić information content (AvgIpc) is 3.66. The monoisotopic (exact) mass is 566 g/mol. The number of hydrogen-bond donors (Lipinski definition) is 0. The Morgan fingerprint density at radius 3 is 2.20 bits per heavy atom. The number of nitriles is 1. The lowest BCUT2D eigenvalue weighted by Gasteiger charge is -2.24. The van der Waals surface area contributed by atoms with Gasteiger partial charge in [0, 0.05) is 44.7 Å². The van der Waals surface area contributed by atoms with Crippen molar-refractivity contribution in [1.82, 2.24) is 4.57 Å². The van der Waals surface area contributed by atoms with E-state index in [1.54, 1.807) is 0 Å². The lowest BCUT2D eigenvalue weighted by Crippen LogP contribution is -2.15. The van der Waals surface area contributed by atoms with Crippen LogP contribution in [0.25, 0.3) is 61.2 Å². The predicted molar refractivity (Wildman–Crippen MR) is 180 cm³/mol.